The fraction of sp³-hybridized carbons (Fsp3) is 0.500. The van der Waals surface area contributed by atoms with Crippen molar-refractivity contribution >= 4 is 19.9 Å². The Bertz CT molecular complexity index is 1060. The van der Waals surface area contributed by atoms with E-state index in [4.69, 9.17) is 9.47 Å². The van der Waals surface area contributed by atoms with Gasteiger partial charge in [-0.3, -0.25) is 0 Å². The molecule has 0 unspecified atom stereocenters. The van der Waals surface area contributed by atoms with E-state index >= 15 is 0 Å². The molecule has 1 aliphatic heterocycles. The summed E-state index contributed by atoms with van der Waals surface area (Å²) in [5.74, 6) is 0.734. The van der Waals surface area contributed by atoms with Gasteiger partial charge in [0.25, 0.3) is 0 Å². The number of sulfone groups is 1. The first-order chi connectivity index (χ1) is 13.2. The molecule has 10 nitrogen and oxygen atoms in total. The topological polar surface area (TPSA) is 121 Å². The van der Waals surface area contributed by atoms with E-state index < -0.39 is 25.1 Å². The van der Waals surface area contributed by atoms with Crippen molar-refractivity contribution in [3.63, 3.8) is 0 Å². The van der Waals surface area contributed by atoms with Crippen LogP contribution in [0.5, 0.6) is 11.5 Å². The maximum absolute atomic E-state index is 12.9. The molecule has 0 bridgehead atoms. The van der Waals surface area contributed by atoms with Crippen molar-refractivity contribution in [1.29, 1.82) is 0 Å². The molecular weight excluding hydrogens is 408 g/mol. The summed E-state index contributed by atoms with van der Waals surface area (Å²) >= 11 is 0. The molecule has 2 heterocycles. The van der Waals surface area contributed by atoms with Crippen molar-refractivity contribution in [3.8, 4) is 11.5 Å². The van der Waals surface area contributed by atoms with Crippen LogP contribution in [0.2, 0.25) is 0 Å². The van der Waals surface area contributed by atoms with Gasteiger partial charge in [0.05, 0.1) is 24.4 Å². The highest BCUT2D eigenvalue weighted by atomic mass is 32.2. The van der Waals surface area contributed by atoms with Crippen LogP contribution in [0.1, 0.15) is 12.8 Å². The van der Waals surface area contributed by atoms with Crippen LogP contribution in [0.3, 0.4) is 0 Å². The molecule has 0 N–H and O–H groups in total. The molecule has 0 radical (unpaired) electrons. The van der Waals surface area contributed by atoms with Crippen molar-refractivity contribution in [2.45, 2.75) is 28.1 Å². The first-order valence-electron chi connectivity index (χ1n) is 8.52. The standard InChI is InChI=1S/C16H22N4O6S2/c1-19-11-17-18-16(19)27(21,22)12-6-8-20(9-7-12)28(23,24)13-4-5-14(25-2)15(10-13)26-3/h4-5,10-12H,6-9H2,1-3H3. The van der Waals surface area contributed by atoms with Crippen LogP contribution in [0, 0.1) is 0 Å². The van der Waals surface area contributed by atoms with Crippen molar-refractivity contribution in [3.05, 3.63) is 24.5 Å². The number of nitrogens with zero attached hydrogens (tertiary/aromatic N) is 4. The number of aromatic nitrogens is 3. The second kappa shape index (κ2) is 7.68. The van der Waals surface area contributed by atoms with Gasteiger partial charge >= 0.3 is 0 Å². The van der Waals surface area contributed by atoms with Crippen LogP contribution in [0.15, 0.2) is 34.6 Å². The summed E-state index contributed by atoms with van der Waals surface area (Å²) in [4.78, 5) is 0.0692. The zero-order chi connectivity index (χ0) is 20.5. The van der Waals surface area contributed by atoms with Gasteiger partial charge in [-0.1, -0.05) is 0 Å². The fourth-order valence-corrected chi connectivity index (χ4v) is 6.41. The number of methoxy groups -OCH3 is 2. The molecule has 2 aromatic rings. The second-order valence-electron chi connectivity index (χ2n) is 6.39. The minimum Gasteiger partial charge on any atom is -0.493 e. The maximum atomic E-state index is 12.9. The molecule has 0 spiro atoms. The van der Waals surface area contributed by atoms with E-state index in [9.17, 15) is 16.8 Å². The Morgan fingerprint density at radius 2 is 1.68 bits per heavy atom. The molecule has 0 atom stereocenters. The predicted molar refractivity (Wildman–Crippen MR) is 99.5 cm³/mol. The van der Waals surface area contributed by atoms with Crippen molar-refractivity contribution in [2.75, 3.05) is 27.3 Å². The average molecular weight is 431 g/mol. The summed E-state index contributed by atoms with van der Waals surface area (Å²) < 4.78 is 64.3. The zero-order valence-corrected chi connectivity index (χ0v) is 17.4. The van der Waals surface area contributed by atoms with Crippen molar-refractivity contribution in [1.82, 2.24) is 19.1 Å². The Kier molecular flexibility index (Phi) is 5.64. The molecule has 1 aliphatic rings. The molecule has 154 valence electrons. The zero-order valence-electron chi connectivity index (χ0n) is 15.8. The van der Waals surface area contributed by atoms with Crippen molar-refractivity contribution in [2.24, 2.45) is 7.05 Å². The average Bonchev–Trinajstić information content (AvgIpc) is 3.14. The summed E-state index contributed by atoms with van der Waals surface area (Å²) in [5.41, 5.74) is 0. The van der Waals surface area contributed by atoms with E-state index in [0.717, 1.165) is 0 Å². The molecule has 0 aliphatic carbocycles. The van der Waals surface area contributed by atoms with Gasteiger partial charge in [-0.05, 0) is 25.0 Å². The summed E-state index contributed by atoms with van der Waals surface area (Å²) in [6.45, 7) is 0.191. The monoisotopic (exact) mass is 430 g/mol. The Morgan fingerprint density at radius 3 is 2.21 bits per heavy atom. The quantitative estimate of drug-likeness (QED) is 0.648. The fourth-order valence-electron chi connectivity index (χ4n) is 3.19. The van der Waals surface area contributed by atoms with E-state index in [-0.39, 0.29) is 36.0 Å². The van der Waals surface area contributed by atoms with Crippen LogP contribution in [-0.2, 0) is 26.9 Å². The van der Waals surface area contributed by atoms with E-state index in [0.29, 0.717) is 11.5 Å². The summed E-state index contributed by atoms with van der Waals surface area (Å²) in [7, 11) is -3.00. The molecular formula is C16H22N4O6S2. The number of benzene rings is 1. The minimum atomic E-state index is -3.78. The number of hydrogen-bond acceptors (Lipinski definition) is 8. The molecule has 0 amide bonds. The number of piperidine rings is 1. The highest BCUT2D eigenvalue weighted by molar-refractivity contribution is 7.92. The highest BCUT2D eigenvalue weighted by Gasteiger charge is 2.37. The summed E-state index contributed by atoms with van der Waals surface area (Å²) in [6.07, 6.45) is 1.69. The van der Waals surface area contributed by atoms with Gasteiger partial charge in [0.1, 0.15) is 6.33 Å². The van der Waals surface area contributed by atoms with Crippen LogP contribution in [0.25, 0.3) is 0 Å². The first-order valence-corrected chi connectivity index (χ1v) is 11.5. The van der Waals surface area contributed by atoms with Crippen molar-refractivity contribution < 1.29 is 26.3 Å². The van der Waals surface area contributed by atoms with Gasteiger partial charge in [-0.25, -0.2) is 16.8 Å². The number of rotatable bonds is 6. The van der Waals surface area contributed by atoms with E-state index in [2.05, 4.69) is 10.2 Å². The van der Waals surface area contributed by atoms with E-state index in [1.54, 1.807) is 7.05 Å². The molecule has 3 rings (SSSR count). The maximum Gasteiger partial charge on any atom is 0.249 e. The van der Waals surface area contributed by atoms with Crippen LogP contribution in [-0.4, -0.2) is 68.5 Å². The molecule has 1 aromatic carbocycles. The van der Waals surface area contributed by atoms with Gasteiger partial charge in [0.15, 0.2) is 11.5 Å². The molecule has 1 aromatic heterocycles. The minimum absolute atomic E-state index is 0.0692. The van der Waals surface area contributed by atoms with Gasteiger partial charge in [-0.2, -0.15) is 4.31 Å². The number of hydrogen-bond donors (Lipinski definition) is 0. The van der Waals surface area contributed by atoms with Crippen LogP contribution >= 0.6 is 0 Å². The summed E-state index contributed by atoms with van der Waals surface area (Å²) in [5, 5.41) is 6.49. The largest absolute Gasteiger partial charge is 0.493 e. The third-order valence-corrected chi connectivity index (χ3v) is 8.88. The Labute approximate surface area is 164 Å². The van der Waals surface area contributed by atoms with E-state index in [1.807, 2.05) is 0 Å². The van der Waals surface area contributed by atoms with Gasteiger partial charge < -0.3 is 14.0 Å². The van der Waals surface area contributed by atoms with Crippen LogP contribution in [0.4, 0.5) is 0 Å². The molecule has 28 heavy (non-hydrogen) atoms. The number of ether oxygens (including phenoxy) is 2. The SMILES string of the molecule is COc1ccc(S(=O)(=O)N2CCC(S(=O)(=O)c3nncn3C)CC2)cc1OC. The van der Waals surface area contributed by atoms with E-state index in [1.165, 1.54) is 47.6 Å². The lowest BCUT2D eigenvalue weighted by Gasteiger charge is -2.30. The Balaban J connectivity index is 1.78. The third-order valence-electron chi connectivity index (χ3n) is 4.76. The molecule has 1 saturated heterocycles. The molecule has 1 fully saturated rings. The first kappa shape index (κ1) is 20.6. The van der Waals surface area contributed by atoms with Gasteiger partial charge in [-0.15, -0.1) is 10.2 Å². The third kappa shape index (κ3) is 3.59. The molecule has 0 saturated carbocycles. The Morgan fingerprint density at radius 1 is 1.04 bits per heavy atom. The van der Waals surface area contributed by atoms with Gasteiger partial charge in [0, 0.05) is 26.2 Å². The normalized spacial score (nSPS) is 16.8. The Hall–Kier alpha value is -2.18. The number of sulfonamides is 1. The molecule has 12 heteroatoms. The lowest BCUT2D eigenvalue weighted by molar-refractivity contribution is 0.342. The van der Waals surface area contributed by atoms with Crippen LogP contribution < -0.4 is 9.47 Å². The lowest BCUT2D eigenvalue weighted by atomic mass is 10.2. The predicted octanol–water partition coefficient (Wildman–Crippen LogP) is 0.459. The lowest BCUT2D eigenvalue weighted by Crippen LogP contribution is -2.42. The second-order valence-corrected chi connectivity index (χ2v) is 10.4. The van der Waals surface area contributed by atoms with Gasteiger partial charge in [0.2, 0.25) is 25.0 Å². The highest BCUT2D eigenvalue weighted by Crippen LogP contribution is 2.32. The summed E-state index contributed by atoms with van der Waals surface area (Å²) in [6, 6.07) is 4.37. The number of aryl methyl sites for hydroxylation is 1. The smallest absolute Gasteiger partial charge is 0.249 e.